The lowest BCUT2D eigenvalue weighted by atomic mass is 9.79. The Hall–Kier alpha value is -3.92. The second-order valence-electron chi connectivity index (χ2n) is 10.5. The molecule has 11 heteroatoms. The number of urea groups is 1. The average molecular weight is 602 g/mol. The van der Waals surface area contributed by atoms with Crippen molar-refractivity contribution in [3.8, 4) is 0 Å². The van der Waals surface area contributed by atoms with Crippen LogP contribution in [0.1, 0.15) is 35.7 Å². The summed E-state index contributed by atoms with van der Waals surface area (Å²) < 4.78 is 61.7. The number of fused-ring (bicyclic) bond motifs is 2. The van der Waals surface area contributed by atoms with E-state index in [9.17, 15) is 27.2 Å². The van der Waals surface area contributed by atoms with E-state index >= 15 is 0 Å². The van der Waals surface area contributed by atoms with Gasteiger partial charge in [0.2, 0.25) is 0 Å². The molecule has 6 nitrogen and oxygen atoms in total. The topological polar surface area (TPSA) is 80.3 Å². The summed E-state index contributed by atoms with van der Waals surface area (Å²) in [5.41, 5.74) is -2.38. The predicted molar refractivity (Wildman–Crippen MR) is 148 cm³/mol. The number of allylic oxidation sites excluding steroid dienone is 1. The van der Waals surface area contributed by atoms with Gasteiger partial charge in [0.1, 0.15) is 11.4 Å². The number of carbonyl (C=O) groups is 2. The lowest BCUT2D eigenvalue weighted by molar-refractivity contribution is -0.149. The van der Waals surface area contributed by atoms with Gasteiger partial charge in [-0.3, -0.25) is 9.78 Å². The van der Waals surface area contributed by atoms with E-state index in [1.165, 1.54) is 18.3 Å². The lowest BCUT2D eigenvalue weighted by Gasteiger charge is -2.37. The Morgan fingerprint density at radius 1 is 1.02 bits per heavy atom. The van der Waals surface area contributed by atoms with Gasteiger partial charge in [0.25, 0.3) is 0 Å². The number of hydrogen-bond donors (Lipinski definition) is 2. The number of amides is 2. The van der Waals surface area contributed by atoms with Crippen molar-refractivity contribution in [3.05, 3.63) is 112 Å². The molecular formula is C31H28ClF4N3O3. The third-order valence-corrected chi connectivity index (χ3v) is 8.06. The van der Waals surface area contributed by atoms with Crippen molar-refractivity contribution in [2.45, 2.75) is 37.5 Å². The van der Waals surface area contributed by atoms with Gasteiger partial charge >= 0.3 is 18.2 Å². The number of pyridine rings is 1. The number of halogens is 5. The highest BCUT2D eigenvalue weighted by Crippen LogP contribution is 2.44. The van der Waals surface area contributed by atoms with E-state index in [-0.39, 0.29) is 41.1 Å². The highest BCUT2D eigenvalue weighted by Gasteiger charge is 2.50. The van der Waals surface area contributed by atoms with Gasteiger partial charge in [-0.05, 0) is 66.6 Å². The van der Waals surface area contributed by atoms with E-state index < -0.39 is 47.1 Å². The lowest BCUT2D eigenvalue weighted by Crippen LogP contribution is -2.56. The fraction of sp³-hybridized carbons (Fsp3) is 0.323. The molecule has 220 valence electrons. The molecule has 1 heterocycles. The molecule has 0 aliphatic heterocycles. The van der Waals surface area contributed by atoms with Crippen LogP contribution < -0.4 is 10.6 Å². The molecule has 0 saturated heterocycles. The van der Waals surface area contributed by atoms with Crippen LogP contribution in [-0.4, -0.2) is 29.6 Å². The molecule has 0 unspecified atom stereocenters. The fourth-order valence-electron chi connectivity index (χ4n) is 6.01. The zero-order chi connectivity index (χ0) is 30.1. The SMILES string of the molecule is CCOC(=O)[C@@H]1[C@H](NC(=O)N[C@@](Cc2ccccc2)(c2cc(F)cc(C(F)(F)F)c2)c2ccc(Cl)cn2)[C@@H]2C=C[C@H]1C2. The first kappa shape index (κ1) is 29.6. The summed E-state index contributed by atoms with van der Waals surface area (Å²) in [5.74, 6) is -2.42. The van der Waals surface area contributed by atoms with Crippen LogP contribution in [0.4, 0.5) is 22.4 Å². The number of alkyl halides is 3. The molecule has 5 atom stereocenters. The maximum atomic E-state index is 14.9. The van der Waals surface area contributed by atoms with Crippen molar-refractivity contribution in [1.29, 1.82) is 0 Å². The number of benzene rings is 2. The Kier molecular flexibility index (Phi) is 8.28. The number of carbonyl (C=O) groups excluding carboxylic acids is 2. The quantitative estimate of drug-likeness (QED) is 0.177. The first-order valence-electron chi connectivity index (χ1n) is 13.5. The molecule has 1 saturated carbocycles. The van der Waals surface area contributed by atoms with Gasteiger partial charge in [0.15, 0.2) is 0 Å². The minimum Gasteiger partial charge on any atom is -0.466 e. The monoisotopic (exact) mass is 601 g/mol. The molecule has 5 rings (SSSR count). The zero-order valence-corrected chi connectivity index (χ0v) is 23.3. The standard InChI is InChI=1S/C31H28ClF4N3O3/c1-2-42-28(40)26-19-8-9-20(12-19)27(26)38-29(41)39-30(16-18-6-4-3-5-7-18,25-11-10-23(32)17-37-25)21-13-22(31(34,35)36)15-24(33)14-21/h3-11,13-15,17,19-20,26-27H,2,12,16H2,1H3,(H2,38,39,41)/t19-,20+,26-,27+,30-/m0/s1. The number of nitrogens with zero attached hydrogens (tertiary/aromatic N) is 1. The Labute approximate surface area is 245 Å². The molecule has 2 amide bonds. The average Bonchev–Trinajstić information content (AvgIpc) is 3.55. The van der Waals surface area contributed by atoms with E-state index in [0.29, 0.717) is 18.1 Å². The number of rotatable bonds is 8. The summed E-state index contributed by atoms with van der Waals surface area (Å²) in [7, 11) is 0. The summed E-state index contributed by atoms with van der Waals surface area (Å²) in [6.07, 6.45) is 0.900. The number of hydrogen-bond acceptors (Lipinski definition) is 4. The molecule has 2 aliphatic rings. The Morgan fingerprint density at radius 3 is 2.40 bits per heavy atom. The number of esters is 1. The van der Waals surface area contributed by atoms with Gasteiger partial charge in [-0.2, -0.15) is 13.2 Å². The summed E-state index contributed by atoms with van der Waals surface area (Å²) in [5, 5.41) is 5.99. The Morgan fingerprint density at radius 2 is 1.74 bits per heavy atom. The largest absolute Gasteiger partial charge is 0.466 e. The number of aromatic nitrogens is 1. The molecule has 1 aromatic heterocycles. The van der Waals surface area contributed by atoms with Gasteiger partial charge in [-0.15, -0.1) is 0 Å². The van der Waals surface area contributed by atoms with Crippen LogP contribution in [0, 0.1) is 23.6 Å². The van der Waals surface area contributed by atoms with Crippen molar-refractivity contribution < 1.29 is 31.9 Å². The highest BCUT2D eigenvalue weighted by molar-refractivity contribution is 6.30. The molecule has 42 heavy (non-hydrogen) atoms. The Bertz CT molecular complexity index is 1480. The fourth-order valence-corrected chi connectivity index (χ4v) is 6.12. The predicted octanol–water partition coefficient (Wildman–Crippen LogP) is 6.43. The molecule has 1 fully saturated rings. The van der Waals surface area contributed by atoms with Crippen molar-refractivity contribution in [2.24, 2.45) is 17.8 Å². The Balaban J connectivity index is 1.60. The van der Waals surface area contributed by atoms with Gasteiger partial charge in [-0.25, -0.2) is 9.18 Å². The minimum absolute atomic E-state index is 0.0748. The van der Waals surface area contributed by atoms with Crippen LogP contribution in [0.3, 0.4) is 0 Å². The van der Waals surface area contributed by atoms with Crippen LogP contribution in [0.2, 0.25) is 5.02 Å². The highest BCUT2D eigenvalue weighted by atomic mass is 35.5. The molecule has 2 aliphatic carbocycles. The van der Waals surface area contributed by atoms with E-state index in [0.717, 1.165) is 12.1 Å². The summed E-state index contributed by atoms with van der Waals surface area (Å²) in [6, 6.07) is 12.5. The van der Waals surface area contributed by atoms with Crippen LogP contribution in [0.5, 0.6) is 0 Å². The molecule has 2 bridgehead atoms. The van der Waals surface area contributed by atoms with Crippen molar-refractivity contribution in [2.75, 3.05) is 6.61 Å². The summed E-state index contributed by atoms with van der Waals surface area (Å²) in [4.78, 5) is 31.0. The van der Waals surface area contributed by atoms with Crippen LogP contribution >= 0.6 is 11.6 Å². The van der Waals surface area contributed by atoms with Crippen LogP contribution in [-0.2, 0) is 27.7 Å². The van der Waals surface area contributed by atoms with Gasteiger partial charge in [0, 0.05) is 12.6 Å². The van der Waals surface area contributed by atoms with Gasteiger partial charge in [0.05, 0.1) is 34.8 Å². The van der Waals surface area contributed by atoms with E-state index in [1.807, 2.05) is 12.2 Å². The number of ether oxygens (including phenoxy) is 1. The van der Waals surface area contributed by atoms with E-state index in [2.05, 4.69) is 15.6 Å². The van der Waals surface area contributed by atoms with Crippen molar-refractivity contribution >= 4 is 23.6 Å². The van der Waals surface area contributed by atoms with Gasteiger partial charge in [-0.1, -0.05) is 54.1 Å². The van der Waals surface area contributed by atoms with Gasteiger partial charge < -0.3 is 15.4 Å². The first-order chi connectivity index (χ1) is 20.0. The summed E-state index contributed by atoms with van der Waals surface area (Å²) in [6.45, 7) is 1.88. The third kappa shape index (κ3) is 5.99. The minimum atomic E-state index is -4.85. The molecular weight excluding hydrogens is 574 g/mol. The maximum absolute atomic E-state index is 14.9. The molecule has 3 aromatic rings. The first-order valence-corrected chi connectivity index (χ1v) is 13.9. The molecule has 2 aromatic carbocycles. The number of nitrogens with one attached hydrogen (secondary N) is 2. The zero-order valence-electron chi connectivity index (χ0n) is 22.5. The molecule has 0 spiro atoms. The van der Waals surface area contributed by atoms with Crippen LogP contribution in [0.25, 0.3) is 0 Å². The normalized spacial score (nSPS) is 22.4. The van der Waals surface area contributed by atoms with E-state index in [4.69, 9.17) is 16.3 Å². The molecule has 2 N–H and O–H groups in total. The second-order valence-corrected chi connectivity index (χ2v) is 10.9. The van der Waals surface area contributed by atoms with Crippen LogP contribution in [0.15, 0.2) is 79.0 Å². The third-order valence-electron chi connectivity index (χ3n) is 7.84. The summed E-state index contributed by atoms with van der Waals surface area (Å²) >= 11 is 6.08. The maximum Gasteiger partial charge on any atom is 0.416 e. The second kappa shape index (κ2) is 11.8. The van der Waals surface area contributed by atoms with Crippen molar-refractivity contribution in [1.82, 2.24) is 15.6 Å². The molecule has 0 radical (unpaired) electrons. The smallest absolute Gasteiger partial charge is 0.416 e. The van der Waals surface area contributed by atoms with E-state index in [1.54, 1.807) is 37.3 Å². The van der Waals surface area contributed by atoms with Crippen molar-refractivity contribution in [3.63, 3.8) is 0 Å².